The number of nitrogens with two attached hydrogens (primary N) is 1. The van der Waals surface area contributed by atoms with Crippen LogP contribution < -0.4 is 15.8 Å². The van der Waals surface area contributed by atoms with Gasteiger partial charge in [-0.05, 0) is 31.5 Å². The highest BCUT2D eigenvalue weighted by atomic mass is 32.2. The first-order valence-corrected chi connectivity index (χ1v) is 8.42. The lowest BCUT2D eigenvalue weighted by Gasteiger charge is -2.15. The van der Waals surface area contributed by atoms with Crippen LogP contribution >= 0.6 is 0 Å². The molecule has 8 nitrogen and oxygen atoms in total. The van der Waals surface area contributed by atoms with Gasteiger partial charge < -0.3 is 5.32 Å². The molecule has 0 saturated heterocycles. The number of benzene rings is 1. The van der Waals surface area contributed by atoms with Crippen LogP contribution in [0, 0.1) is 6.92 Å². The van der Waals surface area contributed by atoms with E-state index in [1.165, 1.54) is 12.1 Å². The third-order valence-electron chi connectivity index (χ3n) is 3.30. The summed E-state index contributed by atoms with van der Waals surface area (Å²) in [5.74, 6) is 0.580. The largest absolute Gasteiger partial charge is 0.331 e. The van der Waals surface area contributed by atoms with Crippen molar-refractivity contribution in [2.24, 2.45) is 12.2 Å². The number of urea groups is 1. The molecule has 0 aliphatic carbocycles. The van der Waals surface area contributed by atoms with Gasteiger partial charge in [0.05, 0.1) is 16.6 Å². The lowest BCUT2D eigenvalue weighted by atomic mass is 10.1. The molecule has 2 rings (SSSR count). The van der Waals surface area contributed by atoms with Crippen LogP contribution in [-0.2, 0) is 17.1 Å². The summed E-state index contributed by atoms with van der Waals surface area (Å²) in [4.78, 5) is 12.0. The van der Waals surface area contributed by atoms with E-state index in [9.17, 15) is 13.2 Å². The van der Waals surface area contributed by atoms with Crippen LogP contribution in [0.25, 0.3) is 0 Å². The Balaban J connectivity index is 2.02. The number of rotatable bonds is 4. The summed E-state index contributed by atoms with van der Waals surface area (Å²) in [6.07, 6.45) is 0. The van der Waals surface area contributed by atoms with Gasteiger partial charge in [-0.3, -0.25) is 10.00 Å². The second-order valence-corrected chi connectivity index (χ2v) is 6.79. The maximum atomic E-state index is 12.0. The molecule has 0 aliphatic rings. The fourth-order valence-electron chi connectivity index (χ4n) is 2.11. The Bertz CT molecular complexity index is 811. The SMILES string of the molecule is Cc1cc(NC(=O)NC(C)c2ccc(S(N)(=O)=O)cc2)n(C)n1. The molecule has 0 radical (unpaired) electrons. The lowest BCUT2D eigenvalue weighted by molar-refractivity contribution is 0.249. The average Bonchev–Trinajstić information content (AvgIpc) is 2.75. The molecule has 0 aliphatic heterocycles. The predicted molar refractivity (Wildman–Crippen MR) is 86.3 cm³/mol. The highest BCUT2D eigenvalue weighted by molar-refractivity contribution is 7.89. The number of hydrogen-bond donors (Lipinski definition) is 3. The zero-order valence-electron chi connectivity index (χ0n) is 13.1. The predicted octanol–water partition coefficient (Wildman–Crippen LogP) is 1.26. The highest BCUT2D eigenvalue weighted by Gasteiger charge is 2.13. The van der Waals surface area contributed by atoms with Crippen LogP contribution in [0.15, 0.2) is 35.2 Å². The first-order valence-electron chi connectivity index (χ1n) is 6.88. The molecule has 2 amide bonds. The number of carbonyl (C=O) groups excluding carboxylic acids is 1. The Labute approximate surface area is 134 Å². The molecule has 1 aromatic heterocycles. The second-order valence-electron chi connectivity index (χ2n) is 5.23. The van der Waals surface area contributed by atoms with E-state index in [1.54, 1.807) is 36.9 Å². The molecule has 0 fully saturated rings. The van der Waals surface area contributed by atoms with Crippen molar-refractivity contribution in [3.05, 3.63) is 41.6 Å². The first-order chi connectivity index (χ1) is 10.7. The summed E-state index contributed by atoms with van der Waals surface area (Å²) < 4.78 is 24.0. The molecule has 0 spiro atoms. The molecule has 124 valence electrons. The smallest absolute Gasteiger partial charge is 0.320 e. The highest BCUT2D eigenvalue weighted by Crippen LogP contribution is 2.16. The monoisotopic (exact) mass is 337 g/mol. The van der Waals surface area contributed by atoms with Gasteiger partial charge in [0.1, 0.15) is 5.82 Å². The van der Waals surface area contributed by atoms with Crippen molar-refractivity contribution in [2.75, 3.05) is 5.32 Å². The van der Waals surface area contributed by atoms with Crippen LogP contribution in [0.3, 0.4) is 0 Å². The molecule has 1 atom stereocenters. The van der Waals surface area contributed by atoms with E-state index in [0.29, 0.717) is 5.82 Å². The topological polar surface area (TPSA) is 119 Å². The molecule has 9 heteroatoms. The summed E-state index contributed by atoms with van der Waals surface area (Å²) >= 11 is 0. The van der Waals surface area contributed by atoms with Gasteiger partial charge >= 0.3 is 6.03 Å². The van der Waals surface area contributed by atoms with Crippen LogP contribution in [0.1, 0.15) is 24.2 Å². The maximum Gasteiger partial charge on any atom is 0.320 e. The third kappa shape index (κ3) is 4.30. The minimum Gasteiger partial charge on any atom is -0.331 e. The Morgan fingerprint density at radius 2 is 1.91 bits per heavy atom. The van der Waals surface area contributed by atoms with E-state index < -0.39 is 10.0 Å². The number of hydrogen-bond acceptors (Lipinski definition) is 4. The fourth-order valence-corrected chi connectivity index (χ4v) is 2.62. The number of aryl methyl sites for hydroxylation is 2. The summed E-state index contributed by atoms with van der Waals surface area (Å²) in [5.41, 5.74) is 1.56. The summed E-state index contributed by atoms with van der Waals surface area (Å²) in [7, 11) is -1.99. The van der Waals surface area contributed by atoms with Gasteiger partial charge in [-0.2, -0.15) is 5.10 Å². The maximum absolute atomic E-state index is 12.0. The van der Waals surface area contributed by atoms with Crippen LogP contribution in [0.5, 0.6) is 0 Å². The van der Waals surface area contributed by atoms with Crippen LogP contribution in [-0.4, -0.2) is 24.2 Å². The van der Waals surface area contributed by atoms with Crippen LogP contribution in [0.4, 0.5) is 10.6 Å². The zero-order valence-corrected chi connectivity index (χ0v) is 13.9. The van der Waals surface area contributed by atoms with E-state index in [0.717, 1.165) is 11.3 Å². The van der Waals surface area contributed by atoms with Crippen molar-refractivity contribution in [3.63, 3.8) is 0 Å². The van der Waals surface area contributed by atoms with Crippen molar-refractivity contribution in [1.82, 2.24) is 15.1 Å². The molecule has 0 bridgehead atoms. The molecule has 4 N–H and O–H groups in total. The van der Waals surface area contributed by atoms with Crippen molar-refractivity contribution >= 4 is 21.9 Å². The number of aromatic nitrogens is 2. The van der Waals surface area contributed by atoms with Crippen molar-refractivity contribution < 1.29 is 13.2 Å². The molecule has 2 aromatic rings. The number of amides is 2. The number of carbonyl (C=O) groups is 1. The van der Waals surface area contributed by atoms with Crippen molar-refractivity contribution in [1.29, 1.82) is 0 Å². The Morgan fingerprint density at radius 3 is 2.39 bits per heavy atom. The first kappa shape index (κ1) is 17.0. The standard InChI is InChI=1S/C14H19N5O3S/c1-9-8-13(19(3)18-9)17-14(20)16-10(2)11-4-6-12(7-5-11)23(15,21)22/h4-8,10H,1-3H3,(H2,15,21,22)(H2,16,17,20). The fraction of sp³-hybridized carbons (Fsp3) is 0.286. The molecule has 1 heterocycles. The average molecular weight is 337 g/mol. The second kappa shape index (κ2) is 6.39. The summed E-state index contributed by atoms with van der Waals surface area (Å²) in [5, 5.41) is 14.7. The third-order valence-corrected chi connectivity index (χ3v) is 4.23. The van der Waals surface area contributed by atoms with Gasteiger partial charge in [0.2, 0.25) is 10.0 Å². The number of anilines is 1. The molecular formula is C14H19N5O3S. The number of nitrogens with one attached hydrogen (secondary N) is 2. The molecule has 23 heavy (non-hydrogen) atoms. The molecule has 1 aromatic carbocycles. The van der Waals surface area contributed by atoms with E-state index in [-0.39, 0.29) is 17.0 Å². The number of primary sulfonamides is 1. The van der Waals surface area contributed by atoms with Gasteiger partial charge in [0.15, 0.2) is 0 Å². The quantitative estimate of drug-likeness (QED) is 0.778. The Hall–Kier alpha value is -2.39. The Morgan fingerprint density at radius 1 is 1.30 bits per heavy atom. The lowest BCUT2D eigenvalue weighted by Crippen LogP contribution is -2.31. The van der Waals surface area contributed by atoms with Gasteiger partial charge in [-0.1, -0.05) is 12.1 Å². The van der Waals surface area contributed by atoms with E-state index in [2.05, 4.69) is 15.7 Å². The van der Waals surface area contributed by atoms with E-state index in [1.807, 2.05) is 6.92 Å². The molecule has 1 unspecified atom stereocenters. The van der Waals surface area contributed by atoms with Gasteiger partial charge in [-0.15, -0.1) is 0 Å². The minimum absolute atomic E-state index is 0.0308. The van der Waals surface area contributed by atoms with E-state index in [4.69, 9.17) is 5.14 Å². The molecular weight excluding hydrogens is 318 g/mol. The van der Waals surface area contributed by atoms with Gasteiger partial charge in [-0.25, -0.2) is 18.4 Å². The summed E-state index contributed by atoms with van der Waals surface area (Å²) in [6.45, 7) is 3.62. The zero-order chi connectivity index (χ0) is 17.2. The van der Waals surface area contributed by atoms with Gasteiger partial charge in [0.25, 0.3) is 0 Å². The summed E-state index contributed by atoms with van der Waals surface area (Å²) in [6, 6.07) is 7.11. The number of sulfonamides is 1. The molecule has 0 saturated carbocycles. The normalized spacial score (nSPS) is 12.7. The van der Waals surface area contributed by atoms with E-state index >= 15 is 0 Å². The van der Waals surface area contributed by atoms with Crippen LogP contribution in [0.2, 0.25) is 0 Å². The van der Waals surface area contributed by atoms with Gasteiger partial charge in [0, 0.05) is 13.1 Å². The van der Waals surface area contributed by atoms with Crippen molar-refractivity contribution in [2.45, 2.75) is 24.8 Å². The Kier molecular flexibility index (Phi) is 4.71. The minimum atomic E-state index is -3.72. The number of nitrogens with zero attached hydrogens (tertiary/aromatic N) is 2. The van der Waals surface area contributed by atoms with Crippen molar-refractivity contribution in [3.8, 4) is 0 Å².